The number of aromatic nitrogens is 6. The Morgan fingerprint density at radius 1 is 1.48 bits per heavy atom. The maximum atomic E-state index is 12.4. The van der Waals surface area contributed by atoms with Gasteiger partial charge >= 0.3 is 0 Å². The number of H-pyrrole nitrogens is 1. The molecule has 3 N–H and O–H groups in total. The normalized spacial score (nSPS) is 18.1. The second-order valence-corrected chi connectivity index (χ2v) is 5.56. The summed E-state index contributed by atoms with van der Waals surface area (Å²) in [6.45, 7) is 3.00. The number of nitrogens with two attached hydrogens (primary N) is 1. The average Bonchev–Trinajstić information content (AvgIpc) is 3.17. The highest BCUT2D eigenvalue weighted by atomic mass is 16.2. The summed E-state index contributed by atoms with van der Waals surface area (Å²) in [5.41, 5.74) is 5.16. The summed E-state index contributed by atoms with van der Waals surface area (Å²) in [6.07, 6.45) is 3.37. The molecule has 3 rings (SSSR count). The van der Waals surface area contributed by atoms with Gasteiger partial charge in [-0.15, -0.1) is 5.10 Å². The third-order valence-electron chi connectivity index (χ3n) is 3.81. The molecule has 0 saturated carbocycles. The zero-order chi connectivity index (χ0) is 16.4. The van der Waals surface area contributed by atoms with Gasteiger partial charge < -0.3 is 10.6 Å². The molecule has 0 spiro atoms. The number of primary amides is 1. The topological polar surface area (TPSA) is 136 Å². The highest BCUT2D eigenvalue weighted by Gasteiger charge is 2.26. The predicted molar refractivity (Wildman–Crippen MR) is 78.2 cm³/mol. The fourth-order valence-electron chi connectivity index (χ4n) is 2.68. The molecule has 10 nitrogen and oxygen atoms in total. The number of likely N-dealkylation sites (tertiary alicyclic amines) is 1. The zero-order valence-corrected chi connectivity index (χ0v) is 12.8. The van der Waals surface area contributed by atoms with Gasteiger partial charge in [0.2, 0.25) is 11.7 Å². The van der Waals surface area contributed by atoms with Gasteiger partial charge in [0.1, 0.15) is 12.2 Å². The predicted octanol–water partition coefficient (Wildman–Crippen LogP) is -0.790. The van der Waals surface area contributed by atoms with Crippen molar-refractivity contribution in [2.45, 2.75) is 32.2 Å². The fraction of sp³-hybridized carbons (Fsp3) is 0.538. The molecular weight excluding hydrogens is 300 g/mol. The van der Waals surface area contributed by atoms with Crippen LogP contribution in [0.1, 0.15) is 41.2 Å². The van der Waals surface area contributed by atoms with Crippen LogP contribution in [0.3, 0.4) is 0 Å². The lowest BCUT2D eigenvalue weighted by Crippen LogP contribution is -2.41. The molecule has 1 saturated heterocycles. The van der Waals surface area contributed by atoms with E-state index in [0.29, 0.717) is 24.7 Å². The highest BCUT2D eigenvalue weighted by molar-refractivity contribution is 5.88. The Morgan fingerprint density at radius 3 is 2.96 bits per heavy atom. The van der Waals surface area contributed by atoms with Crippen molar-refractivity contribution in [2.75, 3.05) is 13.1 Å². The van der Waals surface area contributed by atoms with Gasteiger partial charge in [-0.25, -0.2) is 14.6 Å². The van der Waals surface area contributed by atoms with E-state index >= 15 is 0 Å². The fourth-order valence-corrected chi connectivity index (χ4v) is 2.68. The van der Waals surface area contributed by atoms with E-state index in [1.165, 1.54) is 6.33 Å². The van der Waals surface area contributed by atoms with Gasteiger partial charge in [0.25, 0.3) is 5.91 Å². The standard InChI is InChI=1S/C13H18N8O2/c1-8-16-10(18-17-8)5-11(22)20-4-2-3-9(6-20)21-7-15-13(19-21)12(14)23/h7,9H,2-6H2,1H3,(H2,14,23)(H,16,17,18)/t9-/m0/s1. The lowest BCUT2D eigenvalue weighted by Gasteiger charge is -2.32. The number of hydrogen-bond donors (Lipinski definition) is 2. The molecule has 0 radical (unpaired) electrons. The first-order chi connectivity index (χ1) is 11.0. The number of amides is 2. The molecule has 2 amide bonds. The molecule has 0 aromatic carbocycles. The van der Waals surface area contributed by atoms with Crippen LogP contribution in [0.2, 0.25) is 0 Å². The van der Waals surface area contributed by atoms with Crippen LogP contribution < -0.4 is 5.73 Å². The number of hydrogen-bond acceptors (Lipinski definition) is 6. The van der Waals surface area contributed by atoms with Gasteiger partial charge in [-0.2, -0.15) is 5.10 Å². The van der Waals surface area contributed by atoms with Gasteiger partial charge in [0.15, 0.2) is 5.82 Å². The van der Waals surface area contributed by atoms with Crippen LogP contribution in [0.25, 0.3) is 0 Å². The van der Waals surface area contributed by atoms with Crippen molar-refractivity contribution in [1.29, 1.82) is 0 Å². The second-order valence-electron chi connectivity index (χ2n) is 5.56. The van der Waals surface area contributed by atoms with Gasteiger partial charge in [-0.3, -0.25) is 14.7 Å². The second kappa shape index (κ2) is 6.15. The van der Waals surface area contributed by atoms with Crippen LogP contribution in [0.5, 0.6) is 0 Å². The summed E-state index contributed by atoms with van der Waals surface area (Å²) < 4.78 is 1.61. The molecule has 0 aliphatic carbocycles. The van der Waals surface area contributed by atoms with Crippen molar-refractivity contribution in [3.8, 4) is 0 Å². The minimum absolute atomic E-state index is 0.00959. The van der Waals surface area contributed by atoms with Crippen LogP contribution in [-0.2, 0) is 11.2 Å². The number of carbonyl (C=O) groups is 2. The Labute approximate surface area is 132 Å². The maximum Gasteiger partial charge on any atom is 0.288 e. The molecule has 1 aliphatic rings. The van der Waals surface area contributed by atoms with Crippen LogP contribution in [-0.4, -0.2) is 59.7 Å². The molecule has 0 bridgehead atoms. The van der Waals surface area contributed by atoms with E-state index in [-0.39, 0.29) is 24.2 Å². The third kappa shape index (κ3) is 3.35. The summed E-state index contributed by atoms with van der Waals surface area (Å²) in [7, 11) is 0. The Morgan fingerprint density at radius 2 is 2.30 bits per heavy atom. The number of rotatable bonds is 4. The van der Waals surface area contributed by atoms with Crippen molar-refractivity contribution in [2.24, 2.45) is 5.73 Å². The van der Waals surface area contributed by atoms with E-state index in [1.54, 1.807) is 16.5 Å². The number of carbonyl (C=O) groups excluding carboxylic acids is 2. The van der Waals surface area contributed by atoms with E-state index < -0.39 is 5.91 Å². The number of nitrogens with zero attached hydrogens (tertiary/aromatic N) is 6. The molecule has 2 aromatic heterocycles. The van der Waals surface area contributed by atoms with Gasteiger partial charge in [-0.1, -0.05) is 0 Å². The minimum atomic E-state index is -0.660. The first kappa shape index (κ1) is 15.1. The number of piperidine rings is 1. The van der Waals surface area contributed by atoms with E-state index in [0.717, 1.165) is 12.8 Å². The summed E-state index contributed by atoms with van der Waals surface area (Å²) in [4.78, 5) is 33.3. The lowest BCUT2D eigenvalue weighted by molar-refractivity contribution is -0.132. The van der Waals surface area contributed by atoms with E-state index in [9.17, 15) is 9.59 Å². The molecule has 10 heteroatoms. The lowest BCUT2D eigenvalue weighted by atomic mass is 10.1. The molecule has 3 heterocycles. The van der Waals surface area contributed by atoms with E-state index in [1.807, 2.05) is 0 Å². The molecule has 1 fully saturated rings. The Kier molecular flexibility index (Phi) is 4.04. The van der Waals surface area contributed by atoms with Gasteiger partial charge in [-0.05, 0) is 19.8 Å². The Hall–Kier alpha value is -2.78. The molecule has 0 unspecified atom stereocenters. The Balaban J connectivity index is 1.65. The van der Waals surface area contributed by atoms with Crippen molar-refractivity contribution >= 4 is 11.8 Å². The van der Waals surface area contributed by atoms with Crippen LogP contribution in [0.4, 0.5) is 0 Å². The molecular formula is C13H18N8O2. The first-order valence-corrected chi connectivity index (χ1v) is 7.39. The zero-order valence-electron chi connectivity index (χ0n) is 12.8. The summed E-state index contributed by atoms with van der Waals surface area (Å²) in [5, 5.41) is 10.8. The molecule has 1 aliphatic heterocycles. The van der Waals surface area contributed by atoms with Crippen LogP contribution >= 0.6 is 0 Å². The van der Waals surface area contributed by atoms with Gasteiger partial charge in [0, 0.05) is 13.1 Å². The summed E-state index contributed by atoms with van der Waals surface area (Å²) in [5.74, 6) is 0.485. The molecule has 23 heavy (non-hydrogen) atoms. The monoisotopic (exact) mass is 318 g/mol. The quantitative estimate of drug-likeness (QED) is 0.758. The van der Waals surface area contributed by atoms with Gasteiger partial charge in [0.05, 0.1) is 12.5 Å². The molecule has 122 valence electrons. The smallest absolute Gasteiger partial charge is 0.288 e. The third-order valence-corrected chi connectivity index (χ3v) is 3.81. The Bertz CT molecular complexity index is 721. The summed E-state index contributed by atoms with van der Waals surface area (Å²) >= 11 is 0. The SMILES string of the molecule is Cc1nc(CC(=O)N2CCC[C@H](n3cnc(C(N)=O)n3)C2)n[nH]1. The summed E-state index contributed by atoms with van der Waals surface area (Å²) in [6, 6.07) is -0.0119. The largest absolute Gasteiger partial charge is 0.363 e. The first-order valence-electron chi connectivity index (χ1n) is 7.39. The molecule has 1 atom stereocenters. The van der Waals surface area contributed by atoms with Crippen LogP contribution in [0, 0.1) is 6.92 Å². The number of aryl methyl sites for hydroxylation is 1. The van der Waals surface area contributed by atoms with E-state index in [4.69, 9.17) is 5.73 Å². The highest BCUT2D eigenvalue weighted by Crippen LogP contribution is 2.21. The van der Waals surface area contributed by atoms with Crippen LogP contribution in [0.15, 0.2) is 6.33 Å². The number of nitrogens with one attached hydrogen (secondary N) is 1. The maximum absolute atomic E-state index is 12.4. The average molecular weight is 318 g/mol. The van der Waals surface area contributed by atoms with Crippen molar-refractivity contribution in [3.63, 3.8) is 0 Å². The van der Waals surface area contributed by atoms with E-state index in [2.05, 4.69) is 25.3 Å². The number of aromatic amines is 1. The molecule has 2 aromatic rings. The minimum Gasteiger partial charge on any atom is -0.363 e. The van der Waals surface area contributed by atoms with Crippen molar-refractivity contribution in [3.05, 3.63) is 23.8 Å². The van der Waals surface area contributed by atoms with Crippen molar-refractivity contribution in [1.82, 2.24) is 34.8 Å². The van der Waals surface area contributed by atoms with Crippen molar-refractivity contribution < 1.29 is 9.59 Å².